The van der Waals surface area contributed by atoms with Crippen LogP contribution in [0.2, 0.25) is 0 Å². The Morgan fingerprint density at radius 3 is 3.36 bits per heavy atom. The number of allylic oxidation sites excluding steroid dienone is 1. The molecule has 3 heterocycles. The van der Waals surface area contributed by atoms with E-state index in [1.54, 1.807) is 6.26 Å². The van der Waals surface area contributed by atoms with Crippen LogP contribution < -0.4 is 5.32 Å². The molecule has 1 saturated heterocycles. The number of rotatable bonds is 0. The van der Waals surface area contributed by atoms with Gasteiger partial charge in [0.1, 0.15) is 6.26 Å². The predicted octanol–water partition coefficient (Wildman–Crippen LogP) is 0.518. The van der Waals surface area contributed by atoms with E-state index < -0.39 is 0 Å². The first-order valence-corrected chi connectivity index (χ1v) is 3.29. The van der Waals surface area contributed by atoms with E-state index in [9.17, 15) is 0 Å². The van der Waals surface area contributed by atoms with Gasteiger partial charge in [0, 0.05) is 6.08 Å². The topological polar surface area (TPSA) is 39.7 Å². The lowest BCUT2D eigenvalue weighted by molar-refractivity contribution is 0.0940. The van der Waals surface area contributed by atoms with Crippen molar-refractivity contribution in [1.29, 1.82) is 0 Å². The molecule has 0 saturated carbocycles. The van der Waals surface area contributed by atoms with Gasteiger partial charge in [0.15, 0.2) is 5.76 Å². The summed E-state index contributed by atoms with van der Waals surface area (Å²) in [6.45, 7) is 0.281. The summed E-state index contributed by atoms with van der Waals surface area (Å²) in [5.41, 5.74) is 0.907. The van der Waals surface area contributed by atoms with Crippen LogP contribution in [-0.2, 0) is 14.2 Å². The summed E-state index contributed by atoms with van der Waals surface area (Å²) in [6.07, 6.45) is 3.47. The van der Waals surface area contributed by atoms with Gasteiger partial charge in [0.25, 0.3) is 0 Å². The first-order valence-electron chi connectivity index (χ1n) is 3.29. The number of hydrogen-bond acceptors (Lipinski definition) is 4. The van der Waals surface area contributed by atoms with Crippen LogP contribution in [0.3, 0.4) is 0 Å². The highest BCUT2D eigenvalue weighted by atomic mass is 16.7. The zero-order chi connectivity index (χ0) is 7.26. The third kappa shape index (κ3) is 0.537. The number of fused-ring (bicyclic) bond motifs is 3. The van der Waals surface area contributed by atoms with Crippen molar-refractivity contribution in [1.82, 2.24) is 5.32 Å². The molecule has 2 bridgehead atoms. The van der Waals surface area contributed by atoms with Crippen LogP contribution in [0, 0.1) is 0 Å². The van der Waals surface area contributed by atoms with Gasteiger partial charge in [-0.3, -0.25) is 0 Å². The SMILES string of the molecule is C1=C2C=C3OCOC3=C(N2)O1. The maximum Gasteiger partial charge on any atom is 0.244 e. The van der Waals surface area contributed by atoms with E-state index in [0.717, 1.165) is 11.5 Å². The lowest BCUT2D eigenvalue weighted by atomic mass is 10.3. The summed E-state index contributed by atoms with van der Waals surface area (Å²) in [5, 5.41) is 3.00. The zero-order valence-electron chi connectivity index (χ0n) is 5.59. The summed E-state index contributed by atoms with van der Waals surface area (Å²) in [4.78, 5) is 0. The lowest BCUT2D eigenvalue weighted by Crippen LogP contribution is -2.13. The Balaban J connectivity index is 2.20. The van der Waals surface area contributed by atoms with E-state index >= 15 is 0 Å². The molecule has 0 aromatic carbocycles. The molecule has 1 N–H and O–H groups in total. The van der Waals surface area contributed by atoms with Gasteiger partial charge in [-0.25, -0.2) is 0 Å². The molecule has 0 radical (unpaired) electrons. The van der Waals surface area contributed by atoms with Crippen molar-refractivity contribution in [3.8, 4) is 0 Å². The molecular weight excluding hydrogens is 146 g/mol. The monoisotopic (exact) mass is 151 g/mol. The number of hydrogen-bond donors (Lipinski definition) is 1. The van der Waals surface area contributed by atoms with Crippen LogP contribution in [0.25, 0.3) is 0 Å². The Hall–Kier alpha value is -1.58. The van der Waals surface area contributed by atoms with Gasteiger partial charge in [-0.1, -0.05) is 0 Å². The molecule has 0 unspecified atom stereocenters. The van der Waals surface area contributed by atoms with Crippen molar-refractivity contribution in [2.75, 3.05) is 6.79 Å². The van der Waals surface area contributed by atoms with Gasteiger partial charge in [0.2, 0.25) is 18.4 Å². The van der Waals surface area contributed by atoms with E-state index in [4.69, 9.17) is 14.2 Å². The molecule has 11 heavy (non-hydrogen) atoms. The fourth-order valence-corrected chi connectivity index (χ4v) is 1.21. The summed E-state index contributed by atoms with van der Waals surface area (Å²) in [7, 11) is 0. The molecule has 0 aromatic heterocycles. The van der Waals surface area contributed by atoms with Gasteiger partial charge in [0.05, 0.1) is 5.70 Å². The second kappa shape index (κ2) is 1.53. The summed E-state index contributed by atoms with van der Waals surface area (Å²) in [5.74, 6) is 2.06. The van der Waals surface area contributed by atoms with Gasteiger partial charge in [-0.05, 0) is 0 Å². The lowest BCUT2D eigenvalue weighted by Gasteiger charge is -2.07. The molecule has 4 heteroatoms. The summed E-state index contributed by atoms with van der Waals surface area (Å²) in [6, 6.07) is 0. The Morgan fingerprint density at radius 1 is 1.36 bits per heavy atom. The third-order valence-electron chi connectivity index (χ3n) is 1.70. The van der Waals surface area contributed by atoms with Crippen molar-refractivity contribution >= 4 is 0 Å². The third-order valence-corrected chi connectivity index (χ3v) is 1.70. The van der Waals surface area contributed by atoms with Gasteiger partial charge < -0.3 is 19.5 Å². The quantitative estimate of drug-likeness (QED) is 0.547. The minimum absolute atomic E-state index is 0.281. The highest BCUT2D eigenvalue weighted by Gasteiger charge is 2.30. The second-order valence-corrected chi connectivity index (χ2v) is 2.39. The van der Waals surface area contributed by atoms with Gasteiger partial charge in [-0.15, -0.1) is 0 Å². The molecule has 0 amide bonds. The fourth-order valence-electron chi connectivity index (χ4n) is 1.21. The minimum atomic E-state index is 0.281. The minimum Gasteiger partial charge on any atom is -0.453 e. The van der Waals surface area contributed by atoms with Crippen LogP contribution in [0.5, 0.6) is 0 Å². The Morgan fingerprint density at radius 2 is 2.36 bits per heavy atom. The highest BCUT2D eigenvalue weighted by molar-refractivity contribution is 5.41. The summed E-state index contributed by atoms with van der Waals surface area (Å²) < 4.78 is 15.5. The maximum atomic E-state index is 5.16. The average Bonchev–Trinajstić information content (AvgIpc) is 2.58. The van der Waals surface area contributed by atoms with Crippen molar-refractivity contribution in [2.45, 2.75) is 0 Å². The fraction of sp³-hybridized carbons (Fsp3) is 0.143. The normalized spacial score (nSPS) is 24.0. The second-order valence-electron chi connectivity index (χ2n) is 2.39. The number of nitrogens with one attached hydrogen (secondary N) is 1. The first-order chi connectivity index (χ1) is 5.43. The molecule has 1 fully saturated rings. The van der Waals surface area contributed by atoms with Crippen molar-refractivity contribution in [2.24, 2.45) is 0 Å². The van der Waals surface area contributed by atoms with Crippen LogP contribution in [0.15, 0.2) is 35.4 Å². The van der Waals surface area contributed by atoms with E-state index in [2.05, 4.69) is 5.32 Å². The molecule has 0 aromatic rings. The molecule has 3 aliphatic rings. The Labute approximate surface area is 62.7 Å². The van der Waals surface area contributed by atoms with E-state index in [1.165, 1.54) is 0 Å². The molecule has 56 valence electrons. The number of dihydropyridines is 1. The first kappa shape index (κ1) is 5.12. The van der Waals surface area contributed by atoms with Crippen LogP contribution in [0.1, 0.15) is 0 Å². The number of ether oxygens (including phenoxy) is 3. The molecular formula is C7H5NO3. The highest BCUT2D eigenvalue weighted by Crippen LogP contribution is 2.31. The summed E-state index contributed by atoms with van der Waals surface area (Å²) >= 11 is 0. The van der Waals surface area contributed by atoms with E-state index in [0.29, 0.717) is 11.6 Å². The Bertz CT molecular complexity index is 311. The predicted molar refractivity (Wildman–Crippen MR) is 34.4 cm³/mol. The average molecular weight is 151 g/mol. The van der Waals surface area contributed by atoms with E-state index in [-0.39, 0.29) is 6.79 Å². The molecule has 0 atom stereocenters. The van der Waals surface area contributed by atoms with Crippen LogP contribution >= 0.6 is 0 Å². The molecule has 3 aliphatic heterocycles. The molecule has 0 spiro atoms. The van der Waals surface area contributed by atoms with Gasteiger partial charge in [-0.2, -0.15) is 0 Å². The molecule has 3 rings (SSSR count). The molecule has 0 aliphatic carbocycles. The van der Waals surface area contributed by atoms with E-state index in [1.807, 2.05) is 6.08 Å². The standard InChI is InChI=1S/C7H5NO3/c1-4-2-9-7(8-4)6-5(1)10-3-11-6/h1-2,8H,3H2. The smallest absolute Gasteiger partial charge is 0.244 e. The van der Waals surface area contributed by atoms with Crippen molar-refractivity contribution in [3.05, 3.63) is 35.4 Å². The van der Waals surface area contributed by atoms with Gasteiger partial charge >= 0.3 is 0 Å². The zero-order valence-corrected chi connectivity index (χ0v) is 5.59. The van der Waals surface area contributed by atoms with Crippen LogP contribution in [0.4, 0.5) is 0 Å². The van der Waals surface area contributed by atoms with Crippen molar-refractivity contribution in [3.63, 3.8) is 0 Å². The Kier molecular flexibility index (Phi) is 0.711. The maximum absolute atomic E-state index is 5.16. The van der Waals surface area contributed by atoms with Crippen molar-refractivity contribution < 1.29 is 14.2 Å². The van der Waals surface area contributed by atoms with Crippen LogP contribution in [-0.4, -0.2) is 6.79 Å². The molecule has 4 nitrogen and oxygen atoms in total. The largest absolute Gasteiger partial charge is 0.453 e.